The zero-order chi connectivity index (χ0) is 33.2. The Hall–Kier alpha value is -6.84. The molecule has 12 aromatic rings. The third-order valence-corrected chi connectivity index (χ3v) is 10.9. The summed E-state index contributed by atoms with van der Waals surface area (Å²) in [5.41, 5.74) is 9.18. The molecule has 3 heterocycles. The molecule has 3 nitrogen and oxygen atoms in total. The number of furan rings is 2. The summed E-state index contributed by atoms with van der Waals surface area (Å²) >= 11 is 0. The first kappa shape index (κ1) is 27.0. The minimum atomic E-state index is 0.891. The highest BCUT2D eigenvalue weighted by atomic mass is 16.3. The third kappa shape index (κ3) is 3.52. The molecule has 9 aromatic carbocycles. The number of fused-ring (bicyclic) bond motifs is 18. The van der Waals surface area contributed by atoms with Gasteiger partial charge in [0.05, 0.1) is 11.0 Å². The van der Waals surface area contributed by atoms with Crippen LogP contribution in [0, 0.1) is 0 Å². The Morgan fingerprint density at radius 3 is 1.65 bits per heavy atom. The number of hydrogen-bond acceptors (Lipinski definition) is 2. The van der Waals surface area contributed by atoms with Gasteiger partial charge in [-0.2, -0.15) is 0 Å². The van der Waals surface area contributed by atoms with E-state index < -0.39 is 0 Å². The van der Waals surface area contributed by atoms with Gasteiger partial charge in [0.2, 0.25) is 0 Å². The first-order valence-corrected chi connectivity index (χ1v) is 17.4. The minimum absolute atomic E-state index is 0.891. The Morgan fingerprint density at radius 2 is 0.902 bits per heavy atom. The van der Waals surface area contributed by atoms with Gasteiger partial charge >= 0.3 is 0 Å². The first-order valence-electron chi connectivity index (χ1n) is 17.4. The number of nitrogens with zero attached hydrogens (tertiary/aromatic N) is 1. The maximum atomic E-state index is 7.00. The number of para-hydroxylation sites is 3. The van der Waals surface area contributed by atoms with E-state index in [2.05, 4.69) is 156 Å². The quantitative estimate of drug-likeness (QED) is 0.175. The molecule has 51 heavy (non-hydrogen) atoms. The lowest BCUT2D eigenvalue weighted by Crippen LogP contribution is -1.95. The van der Waals surface area contributed by atoms with E-state index in [1.165, 1.54) is 43.1 Å². The summed E-state index contributed by atoms with van der Waals surface area (Å²) in [7, 11) is 0. The Kier molecular flexibility index (Phi) is 5.23. The lowest BCUT2D eigenvalue weighted by molar-refractivity contribution is 0.669. The van der Waals surface area contributed by atoms with Crippen LogP contribution in [0.3, 0.4) is 0 Å². The van der Waals surface area contributed by atoms with Gasteiger partial charge < -0.3 is 13.4 Å². The van der Waals surface area contributed by atoms with Crippen molar-refractivity contribution in [1.29, 1.82) is 0 Å². The Balaban J connectivity index is 1.30. The van der Waals surface area contributed by atoms with Crippen molar-refractivity contribution in [1.82, 2.24) is 4.57 Å². The molecule has 3 heteroatoms. The Morgan fingerprint density at radius 1 is 0.353 bits per heavy atom. The number of rotatable bonds is 2. The zero-order valence-electron chi connectivity index (χ0n) is 27.4. The molecule has 0 saturated carbocycles. The molecule has 0 aliphatic rings. The van der Waals surface area contributed by atoms with Crippen molar-refractivity contribution in [3.63, 3.8) is 0 Å². The summed E-state index contributed by atoms with van der Waals surface area (Å²) in [6, 6.07) is 58.6. The van der Waals surface area contributed by atoms with Crippen LogP contribution >= 0.6 is 0 Å². The van der Waals surface area contributed by atoms with E-state index in [9.17, 15) is 0 Å². The van der Waals surface area contributed by atoms with Crippen LogP contribution in [-0.2, 0) is 0 Å². The molecule has 0 bridgehead atoms. The van der Waals surface area contributed by atoms with E-state index in [1.54, 1.807) is 0 Å². The predicted molar refractivity (Wildman–Crippen MR) is 213 cm³/mol. The van der Waals surface area contributed by atoms with E-state index in [-0.39, 0.29) is 0 Å². The standard InChI is InChI=1S/C48H27NO2/c1-3-17-33-31(15-1)32-16-2-4-18-34(32)44-43(33)45-35-19-5-8-23-38(35)49(47(45)48-46(44)37-21-7-10-25-40(37)51-48)29-14-11-13-28(27-29)30-22-12-26-41-42(30)36-20-6-9-24-39(36)50-41/h1-27H. The fourth-order valence-electron chi connectivity index (χ4n) is 8.92. The largest absolute Gasteiger partial charge is 0.456 e. The van der Waals surface area contributed by atoms with Gasteiger partial charge in [-0.15, -0.1) is 0 Å². The molecular formula is C48H27NO2. The van der Waals surface area contributed by atoms with Crippen molar-refractivity contribution in [3.8, 4) is 16.8 Å². The maximum Gasteiger partial charge on any atom is 0.160 e. The molecule has 0 unspecified atom stereocenters. The molecule has 0 aliphatic heterocycles. The summed E-state index contributed by atoms with van der Waals surface area (Å²) in [5, 5.41) is 14.5. The molecule has 0 atom stereocenters. The predicted octanol–water partition coefficient (Wildman–Crippen LogP) is 13.7. The van der Waals surface area contributed by atoms with Gasteiger partial charge in [-0.3, -0.25) is 0 Å². The van der Waals surface area contributed by atoms with Crippen LogP contribution in [0.25, 0.3) is 115 Å². The number of hydrogen-bond donors (Lipinski definition) is 0. The second kappa shape index (κ2) is 9.87. The molecule has 0 saturated heterocycles. The van der Waals surface area contributed by atoms with Crippen LogP contribution in [0.1, 0.15) is 0 Å². The van der Waals surface area contributed by atoms with Gasteiger partial charge in [-0.05, 0) is 69.1 Å². The highest BCUT2D eigenvalue weighted by Gasteiger charge is 2.26. The highest BCUT2D eigenvalue weighted by Crippen LogP contribution is 2.50. The lowest BCUT2D eigenvalue weighted by atomic mass is 9.89. The molecule has 12 rings (SSSR count). The monoisotopic (exact) mass is 649 g/mol. The highest BCUT2D eigenvalue weighted by molar-refractivity contribution is 6.44. The zero-order valence-corrected chi connectivity index (χ0v) is 27.4. The van der Waals surface area contributed by atoms with Crippen LogP contribution in [0.4, 0.5) is 0 Å². The number of benzene rings is 9. The third-order valence-electron chi connectivity index (χ3n) is 10.9. The van der Waals surface area contributed by atoms with Crippen molar-refractivity contribution in [3.05, 3.63) is 164 Å². The van der Waals surface area contributed by atoms with Gasteiger partial charge in [-0.1, -0.05) is 127 Å². The van der Waals surface area contributed by atoms with Crippen LogP contribution in [-0.4, -0.2) is 4.57 Å². The van der Waals surface area contributed by atoms with E-state index in [4.69, 9.17) is 8.83 Å². The summed E-state index contributed by atoms with van der Waals surface area (Å²) in [5.74, 6) is 0. The second-order valence-electron chi connectivity index (χ2n) is 13.5. The van der Waals surface area contributed by atoms with Crippen LogP contribution in [0.5, 0.6) is 0 Å². The second-order valence-corrected chi connectivity index (χ2v) is 13.5. The molecule has 0 radical (unpaired) electrons. The fraction of sp³-hybridized carbons (Fsp3) is 0. The minimum Gasteiger partial charge on any atom is -0.456 e. The van der Waals surface area contributed by atoms with Crippen molar-refractivity contribution in [2.24, 2.45) is 0 Å². The summed E-state index contributed by atoms with van der Waals surface area (Å²) in [4.78, 5) is 0. The van der Waals surface area contributed by atoms with Gasteiger partial charge in [0.1, 0.15) is 16.7 Å². The van der Waals surface area contributed by atoms with Crippen molar-refractivity contribution in [2.75, 3.05) is 0 Å². The molecule has 236 valence electrons. The summed E-state index contributed by atoms with van der Waals surface area (Å²) < 4.78 is 15.7. The number of aromatic nitrogens is 1. The topological polar surface area (TPSA) is 31.2 Å². The molecule has 0 fully saturated rings. The maximum absolute atomic E-state index is 7.00. The first-order chi connectivity index (χ1) is 25.3. The van der Waals surface area contributed by atoms with E-state index in [0.29, 0.717) is 0 Å². The lowest BCUT2D eigenvalue weighted by Gasteiger charge is -2.14. The molecule has 0 aliphatic carbocycles. The van der Waals surface area contributed by atoms with Crippen molar-refractivity contribution < 1.29 is 8.83 Å². The Labute approximate surface area is 291 Å². The van der Waals surface area contributed by atoms with E-state index >= 15 is 0 Å². The van der Waals surface area contributed by atoms with Gasteiger partial charge in [-0.25, -0.2) is 0 Å². The van der Waals surface area contributed by atoms with Crippen LogP contribution < -0.4 is 0 Å². The summed E-state index contributed by atoms with van der Waals surface area (Å²) in [6.45, 7) is 0. The average molecular weight is 650 g/mol. The Bertz CT molecular complexity index is 3430. The van der Waals surface area contributed by atoms with Gasteiger partial charge in [0.25, 0.3) is 0 Å². The van der Waals surface area contributed by atoms with Crippen LogP contribution in [0.2, 0.25) is 0 Å². The van der Waals surface area contributed by atoms with Crippen molar-refractivity contribution >= 4 is 98.0 Å². The molecule has 0 amide bonds. The van der Waals surface area contributed by atoms with Gasteiger partial charge in [0.15, 0.2) is 5.58 Å². The van der Waals surface area contributed by atoms with Gasteiger partial charge in [0, 0.05) is 48.8 Å². The molecular weight excluding hydrogens is 623 g/mol. The van der Waals surface area contributed by atoms with E-state index in [1.807, 2.05) is 12.1 Å². The smallest absolute Gasteiger partial charge is 0.160 e. The SMILES string of the molecule is c1cc(-c2cccc3oc4ccccc4c23)cc(-n2c3ccccc3c3c4c5ccccc5c5ccccc5c4c4c5ccccc5oc4c32)c1. The van der Waals surface area contributed by atoms with Crippen molar-refractivity contribution in [2.45, 2.75) is 0 Å². The molecule has 0 spiro atoms. The van der Waals surface area contributed by atoms with Crippen LogP contribution in [0.15, 0.2) is 173 Å². The normalized spacial score (nSPS) is 12.3. The molecule has 3 aromatic heterocycles. The average Bonchev–Trinajstić information content (AvgIpc) is 3.88. The molecule has 0 N–H and O–H groups in total. The van der Waals surface area contributed by atoms with E-state index in [0.717, 1.165) is 71.7 Å². The fourth-order valence-corrected chi connectivity index (χ4v) is 8.92. The summed E-state index contributed by atoms with van der Waals surface area (Å²) in [6.07, 6.45) is 0.